The quantitative estimate of drug-likeness (QED) is 0.333. The summed E-state index contributed by atoms with van der Waals surface area (Å²) in [5.74, 6) is 0.0975. The topological polar surface area (TPSA) is 49.4 Å². The molecule has 2 aromatic rings. The summed E-state index contributed by atoms with van der Waals surface area (Å²) in [4.78, 5) is 29.3. The smallest absolute Gasteiger partial charge is 0.260 e. The van der Waals surface area contributed by atoms with Gasteiger partial charge in [-0.2, -0.15) is 0 Å². The third-order valence-electron chi connectivity index (χ3n) is 7.72. The summed E-state index contributed by atoms with van der Waals surface area (Å²) in [5.41, 5.74) is 2.70. The zero-order valence-corrected chi connectivity index (χ0v) is 22.3. The number of benzene rings is 2. The monoisotopic (exact) mass is 522 g/mol. The fraction of sp³-hybridized carbons (Fsp3) is 0.467. The number of halogens is 1. The fourth-order valence-electron chi connectivity index (χ4n) is 5.77. The van der Waals surface area contributed by atoms with Crippen molar-refractivity contribution < 1.29 is 9.59 Å². The Labute approximate surface area is 223 Å². The van der Waals surface area contributed by atoms with Crippen LogP contribution in [0.1, 0.15) is 85.7 Å². The number of hydrogen-bond donors (Lipinski definition) is 1. The first-order chi connectivity index (χ1) is 17.6. The normalized spacial score (nSPS) is 24.3. The molecule has 190 valence electrons. The van der Waals surface area contributed by atoms with Gasteiger partial charge < -0.3 is 10.2 Å². The minimum Gasteiger partial charge on any atom is -0.349 e. The summed E-state index contributed by atoms with van der Waals surface area (Å²) in [6, 6.07) is 16.0. The number of amides is 2. The van der Waals surface area contributed by atoms with Crippen molar-refractivity contribution in [3.63, 3.8) is 0 Å². The molecule has 2 atom stereocenters. The van der Waals surface area contributed by atoms with Crippen molar-refractivity contribution in [2.75, 3.05) is 0 Å². The molecule has 1 aliphatic heterocycles. The summed E-state index contributed by atoms with van der Waals surface area (Å²) in [5, 5.41) is 4.34. The number of nitrogens with zero attached hydrogens (tertiary/aromatic N) is 1. The molecule has 2 amide bonds. The van der Waals surface area contributed by atoms with Gasteiger partial charge >= 0.3 is 0 Å². The molecule has 1 N–H and O–H groups in total. The van der Waals surface area contributed by atoms with Crippen molar-refractivity contribution in [1.29, 1.82) is 0 Å². The third kappa shape index (κ3) is 6.18. The summed E-state index contributed by atoms with van der Waals surface area (Å²) >= 11 is 7.96. The lowest BCUT2D eigenvalue weighted by atomic mass is 9.92. The highest BCUT2D eigenvalue weighted by atomic mass is 35.5. The number of thioether (sulfide) groups is 1. The van der Waals surface area contributed by atoms with E-state index in [1.54, 1.807) is 11.8 Å². The van der Waals surface area contributed by atoms with E-state index < -0.39 is 0 Å². The first-order valence-electron chi connectivity index (χ1n) is 13.4. The first-order valence-corrected chi connectivity index (χ1v) is 14.7. The maximum absolute atomic E-state index is 13.6. The molecule has 2 unspecified atom stereocenters. The van der Waals surface area contributed by atoms with Crippen LogP contribution >= 0.6 is 23.4 Å². The van der Waals surface area contributed by atoms with Crippen LogP contribution in [0.2, 0.25) is 5.02 Å². The van der Waals surface area contributed by atoms with Crippen molar-refractivity contribution in [3.8, 4) is 0 Å². The van der Waals surface area contributed by atoms with Crippen LogP contribution in [0.3, 0.4) is 0 Å². The van der Waals surface area contributed by atoms with Gasteiger partial charge in [0.25, 0.3) is 11.8 Å². The van der Waals surface area contributed by atoms with E-state index in [0.29, 0.717) is 22.4 Å². The van der Waals surface area contributed by atoms with E-state index in [2.05, 4.69) is 10.2 Å². The van der Waals surface area contributed by atoms with Gasteiger partial charge in [-0.05, 0) is 67.2 Å². The van der Waals surface area contributed by atoms with E-state index in [1.165, 1.54) is 38.5 Å². The molecule has 1 heterocycles. The van der Waals surface area contributed by atoms with Crippen molar-refractivity contribution in [3.05, 3.63) is 75.1 Å². The molecule has 0 radical (unpaired) electrons. The molecule has 3 aliphatic rings. The third-order valence-corrected chi connectivity index (χ3v) is 9.36. The van der Waals surface area contributed by atoms with Crippen LogP contribution in [0, 0.1) is 0 Å². The van der Waals surface area contributed by atoms with E-state index in [-0.39, 0.29) is 23.9 Å². The highest BCUT2D eigenvalue weighted by molar-refractivity contribution is 8.04. The van der Waals surface area contributed by atoms with Gasteiger partial charge in [0.15, 0.2) is 0 Å². The van der Waals surface area contributed by atoms with Crippen molar-refractivity contribution >= 4 is 41.3 Å². The van der Waals surface area contributed by atoms with Gasteiger partial charge in [0.05, 0.1) is 4.91 Å². The van der Waals surface area contributed by atoms with Gasteiger partial charge in [-0.15, -0.1) is 11.8 Å². The maximum Gasteiger partial charge on any atom is 0.260 e. The lowest BCUT2D eigenvalue weighted by molar-refractivity contribution is -0.130. The SMILES string of the molecule is O=C(NC1CCCCCC1)c1ccc(/C=C2/SC3CCCCC3N(Cc3cccc(Cl)c3)C2=O)cc1. The Balaban J connectivity index is 1.31. The van der Waals surface area contributed by atoms with Gasteiger partial charge in [-0.25, -0.2) is 0 Å². The number of carbonyl (C=O) groups is 2. The van der Waals surface area contributed by atoms with Crippen LogP contribution in [-0.4, -0.2) is 34.0 Å². The molecule has 2 aromatic carbocycles. The van der Waals surface area contributed by atoms with Crippen LogP contribution in [0.4, 0.5) is 0 Å². The molecule has 36 heavy (non-hydrogen) atoms. The Morgan fingerprint density at radius 2 is 1.69 bits per heavy atom. The van der Waals surface area contributed by atoms with Crippen molar-refractivity contribution in [2.24, 2.45) is 0 Å². The molecule has 0 aromatic heterocycles. The lowest BCUT2D eigenvalue weighted by Gasteiger charge is -2.44. The number of carbonyl (C=O) groups excluding carboxylic acids is 2. The lowest BCUT2D eigenvalue weighted by Crippen LogP contribution is -2.50. The molecular weight excluding hydrogens is 488 g/mol. The van der Waals surface area contributed by atoms with E-state index in [4.69, 9.17) is 11.6 Å². The van der Waals surface area contributed by atoms with E-state index in [0.717, 1.165) is 41.7 Å². The minimum absolute atomic E-state index is 0.00182. The largest absolute Gasteiger partial charge is 0.349 e. The Morgan fingerprint density at radius 3 is 2.44 bits per heavy atom. The van der Waals surface area contributed by atoms with Gasteiger partial charge in [0.2, 0.25) is 0 Å². The maximum atomic E-state index is 13.6. The molecule has 5 rings (SSSR count). The Bertz CT molecular complexity index is 1110. The first kappa shape index (κ1) is 25.4. The molecule has 4 nitrogen and oxygen atoms in total. The highest BCUT2D eigenvalue weighted by Crippen LogP contribution is 2.42. The van der Waals surface area contributed by atoms with Gasteiger partial charge in [0.1, 0.15) is 0 Å². The Morgan fingerprint density at radius 1 is 0.972 bits per heavy atom. The zero-order valence-electron chi connectivity index (χ0n) is 20.8. The summed E-state index contributed by atoms with van der Waals surface area (Å²) in [7, 11) is 0. The predicted molar refractivity (Wildman–Crippen MR) is 149 cm³/mol. The molecule has 2 aliphatic carbocycles. The fourth-order valence-corrected chi connectivity index (χ4v) is 7.45. The second-order valence-corrected chi connectivity index (χ2v) is 12.1. The Hall–Kier alpha value is -2.24. The standard InChI is InChI=1S/C30H35ClN2O2S/c31-24-9-7-8-22(18-24)20-33-26-12-5-6-13-27(26)36-28(30(33)35)19-21-14-16-23(17-15-21)29(34)32-25-10-3-1-2-4-11-25/h7-9,14-19,25-27H,1-6,10-13,20H2,(H,32,34)/b28-19+. The molecule has 0 bridgehead atoms. The van der Waals surface area contributed by atoms with Crippen LogP contribution in [-0.2, 0) is 11.3 Å². The zero-order chi connectivity index (χ0) is 24.9. The van der Waals surface area contributed by atoms with Crippen molar-refractivity contribution in [1.82, 2.24) is 10.2 Å². The van der Waals surface area contributed by atoms with Gasteiger partial charge in [-0.3, -0.25) is 9.59 Å². The average molecular weight is 523 g/mol. The second kappa shape index (κ2) is 11.9. The highest BCUT2D eigenvalue weighted by Gasteiger charge is 2.40. The summed E-state index contributed by atoms with van der Waals surface area (Å²) in [6.45, 7) is 0.582. The van der Waals surface area contributed by atoms with Gasteiger partial charge in [-0.1, -0.05) is 74.4 Å². The predicted octanol–water partition coefficient (Wildman–Crippen LogP) is 7.22. The van der Waals surface area contributed by atoms with Crippen molar-refractivity contribution in [2.45, 2.75) is 88.1 Å². The van der Waals surface area contributed by atoms with Gasteiger partial charge in [0, 0.05) is 34.5 Å². The number of rotatable bonds is 5. The number of hydrogen-bond acceptors (Lipinski definition) is 3. The van der Waals surface area contributed by atoms with E-state index in [9.17, 15) is 9.59 Å². The minimum atomic E-state index is 0.00182. The second-order valence-electron chi connectivity index (χ2n) is 10.4. The number of fused-ring (bicyclic) bond motifs is 1. The molecule has 6 heteroatoms. The number of nitrogens with one attached hydrogen (secondary N) is 1. The van der Waals surface area contributed by atoms with Crippen LogP contribution in [0.5, 0.6) is 0 Å². The molecule has 3 fully saturated rings. The average Bonchev–Trinajstić information content (AvgIpc) is 3.15. The molecule has 0 spiro atoms. The van der Waals surface area contributed by atoms with Crippen LogP contribution < -0.4 is 5.32 Å². The van der Waals surface area contributed by atoms with Crippen LogP contribution in [0.25, 0.3) is 6.08 Å². The molecule has 1 saturated heterocycles. The Kier molecular flexibility index (Phi) is 8.38. The summed E-state index contributed by atoms with van der Waals surface area (Å²) in [6.07, 6.45) is 13.6. The van der Waals surface area contributed by atoms with E-state index in [1.807, 2.05) is 54.6 Å². The molecule has 2 saturated carbocycles. The molecular formula is C30H35ClN2O2S. The van der Waals surface area contributed by atoms with E-state index >= 15 is 0 Å². The van der Waals surface area contributed by atoms with Crippen LogP contribution in [0.15, 0.2) is 53.4 Å². The summed E-state index contributed by atoms with van der Waals surface area (Å²) < 4.78 is 0.